The number of ether oxygens (including phenoxy) is 1. The van der Waals surface area contributed by atoms with Gasteiger partial charge in [-0.15, -0.1) is 11.3 Å². The molecule has 0 aliphatic heterocycles. The summed E-state index contributed by atoms with van der Waals surface area (Å²) in [5.74, 6) is 0.378. The standard InChI is InChI=1S/C11H17N3O3S2/c1-11(2,3)17-10(15)13-9-12-8(6-19-9)7(5-18)14-16-4/h6,18H,5H2,1-4H3,(H,12,13,15)/p-1. The molecule has 1 heterocycles. The number of thiol groups is 1. The van der Waals surface area contributed by atoms with E-state index in [1.165, 1.54) is 18.4 Å². The molecule has 106 valence electrons. The van der Waals surface area contributed by atoms with Crippen molar-refractivity contribution in [1.29, 1.82) is 0 Å². The number of aromatic nitrogens is 1. The highest BCUT2D eigenvalue weighted by Crippen LogP contribution is 2.20. The molecule has 0 aromatic carbocycles. The van der Waals surface area contributed by atoms with Crippen molar-refractivity contribution in [3.05, 3.63) is 11.1 Å². The predicted octanol–water partition coefficient (Wildman–Crippen LogP) is 1.59. The fourth-order valence-electron chi connectivity index (χ4n) is 1.08. The first-order chi connectivity index (χ1) is 8.85. The summed E-state index contributed by atoms with van der Waals surface area (Å²) in [4.78, 5) is 12.6. The third kappa shape index (κ3) is 5.48. The van der Waals surface area contributed by atoms with E-state index in [0.717, 1.165) is 0 Å². The Kier molecular flexibility index (Phi) is 5.61. The molecule has 0 saturated heterocycles. The van der Waals surface area contributed by atoms with E-state index in [2.05, 4.69) is 32.6 Å². The Labute approximate surface area is 121 Å². The molecule has 0 aliphatic carbocycles. The van der Waals surface area contributed by atoms with Gasteiger partial charge in [0.2, 0.25) is 5.13 Å². The molecule has 0 amide bonds. The Hall–Kier alpha value is -1.28. The van der Waals surface area contributed by atoms with Gasteiger partial charge in [-0.05, 0) is 0 Å². The van der Waals surface area contributed by atoms with Crippen LogP contribution in [0.25, 0.3) is 0 Å². The zero-order valence-corrected chi connectivity index (χ0v) is 12.9. The molecule has 1 rings (SSSR count). The minimum Gasteiger partial charge on any atom is -0.594 e. The first kappa shape index (κ1) is 15.8. The summed E-state index contributed by atoms with van der Waals surface area (Å²) in [6.45, 7) is 5.33. The zero-order valence-electron chi connectivity index (χ0n) is 11.2. The largest absolute Gasteiger partial charge is 0.594 e. The zero-order chi connectivity index (χ0) is 14.5. The van der Waals surface area contributed by atoms with E-state index in [-0.39, 0.29) is 0 Å². The monoisotopic (exact) mass is 302 g/mol. The topological polar surface area (TPSA) is 79.1 Å². The molecule has 8 heteroatoms. The predicted molar refractivity (Wildman–Crippen MR) is 77.4 cm³/mol. The molecular weight excluding hydrogens is 286 g/mol. The highest BCUT2D eigenvalue weighted by atomic mass is 32.1. The van der Waals surface area contributed by atoms with Gasteiger partial charge in [-0.25, -0.2) is 9.98 Å². The van der Waals surface area contributed by atoms with E-state index in [1.807, 2.05) is 0 Å². The lowest BCUT2D eigenvalue weighted by Gasteiger charge is -2.29. The maximum Gasteiger partial charge on any atom is 0.211 e. The van der Waals surface area contributed by atoms with Crippen LogP contribution >= 0.6 is 24.0 Å². The first-order valence-electron chi connectivity index (χ1n) is 5.47. The lowest BCUT2D eigenvalue weighted by Crippen LogP contribution is -2.31. The van der Waals surface area contributed by atoms with Crippen LogP contribution in [-0.2, 0) is 9.57 Å². The number of rotatable bonds is 4. The number of thiazole rings is 1. The van der Waals surface area contributed by atoms with Gasteiger partial charge >= 0.3 is 0 Å². The second-order valence-electron chi connectivity index (χ2n) is 4.49. The van der Waals surface area contributed by atoms with Gasteiger partial charge in [0.05, 0.1) is 0 Å². The van der Waals surface area contributed by atoms with Crippen molar-refractivity contribution in [2.45, 2.75) is 26.4 Å². The van der Waals surface area contributed by atoms with Crippen LogP contribution in [0.15, 0.2) is 15.5 Å². The van der Waals surface area contributed by atoms with Crippen molar-refractivity contribution in [3.63, 3.8) is 0 Å². The normalized spacial score (nSPS) is 13.5. The highest BCUT2D eigenvalue weighted by molar-refractivity contribution is 7.81. The van der Waals surface area contributed by atoms with Crippen LogP contribution in [0.2, 0.25) is 0 Å². The van der Waals surface area contributed by atoms with Crippen LogP contribution in [0, 0.1) is 0 Å². The molecule has 0 spiro atoms. The van der Waals surface area contributed by atoms with Gasteiger partial charge in [-0.3, -0.25) is 0 Å². The minimum atomic E-state index is -0.662. The second-order valence-corrected chi connectivity index (χ2v) is 5.64. The lowest BCUT2D eigenvalue weighted by molar-refractivity contribution is -0.259. The summed E-state index contributed by atoms with van der Waals surface area (Å²) in [5, 5.41) is 17.3. The van der Waals surface area contributed by atoms with E-state index in [4.69, 9.17) is 4.74 Å². The van der Waals surface area contributed by atoms with E-state index >= 15 is 0 Å². The van der Waals surface area contributed by atoms with Crippen molar-refractivity contribution in [2.75, 3.05) is 12.9 Å². The van der Waals surface area contributed by atoms with E-state index in [1.54, 1.807) is 26.2 Å². The Bertz CT molecular complexity index is 478. The van der Waals surface area contributed by atoms with Gasteiger partial charge in [-0.1, -0.05) is 25.9 Å². The van der Waals surface area contributed by atoms with Crippen LogP contribution in [0.5, 0.6) is 0 Å². The Morgan fingerprint density at radius 3 is 2.74 bits per heavy atom. The highest BCUT2D eigenvalue weighted by Gasteiger charge is 2.09. The van der Waals surface area contributed by atoms with Crippen LogP contribution < -0.4 is 5.11 Å². The van der Waals surface area contributed by atoms with Gasteiger partial charge in [0, 0.05) is 16.7 Å². The Balaban J connectivity index is 2.85. The number of hydrogen-bond acceptors (Lipinski definition) is 8. The molecule has 6 nitrogen and oxygen atoms in total. The second kappa shape index (κ2) is 6.76. The van der Waals surface area contributed by atoms with Crippen LogP contribution in [0.1, 0.15) is 26.5 Å². The van der Waals surface area contributed by atoms with E-state index in [9.17, 15) is 5.11 Å². The molecule has 1 aromatic heterocycles. The number of nitrogens with zero attached hydrogens (tertiary/aromatic N) is 3. The number of aliphatic imine (C=N–C) groups is 1. The maximum absolute atomic E-state index is 11.5. The van der Waals surface area contributed by atoms with Crippen LogP contribution in [0.4, 0.5) is 5.13 Å². The fraction of sp³-hybridized carbons (Fsp3) is 0.545. The molecular formula is C11H16N3O3S2-. The van der Waals surface area contributed by atoms with Gasteiger partial charge in [0.15, 0.2) is 6.08 Å². The van der Waals surface area contributed by atoms with Crippen molar-refractivity contribution in [2.24, 2.45) is 10.1 Å². The quantitative estimate of drug-likeness (QED) is 0.396. The molecule has 1 aromatic rings. The summed E-state index contributed by atoms with van der Waals surface area (Å²) in [7, 11) is 1.45. The molecule has 0 radical (unpaired) electrons. The van der Waals surface area contributed by atoms with Crippen molar-refractivity contribution < 1.29 is 14.7 Å². The summed E-state index contributed by atoms with van der Waals surface area (Å²) in [5.41, 5.74) is 0.589. The average molecular weight is 302 g/mol. The molecule has 0 saturated carbocycles. The van der Waals surface area contributed by atoms with Gasteiger partial charge in [0.1, 0.15) is 18.5 Å². The van der Waals surface area contributed by atoms with Gasteiger partial charge in [0.25, 0.3) is 0 Å². The number of oxime groups is 1. The summed E-state index contributed by atoms with van der Waals surface area (Å²) in [6.07, 6.45) is -0.662. The molecule has 0 atom stereocenters. The van der Waals surface area contributed by atoms with Crippen molar-refractivity contribution >= 4 is 40.9 Å². The molecule has 0 N–H and O–H groups in total. The fourth-order valence-corrected chi connectivity index (χ4v) is 1.98. The summed E-state index contributed by atoms with van der Waals surface area (Å²) in [6, 6.07) is 0. The Morgan fingerprint density at radius 2 is 2.21 bits per heavy atom. The lowest BCUT2D eigenvalue weighted by atomic mass is 10.2. The van der Waals surface area contributed by atoms with Crippen LogP contribution in [-0.4, -0.2) is 35.2 Å². The third-order valence-corrected chi connectivity index (χ3v) is 2.75. The van der Waals surface area contributed by atoms with Gasteiger partial charge < -0.3 is 14.7 Å². The van der Waals surface area contributed by atoms with E-state index in [0.29, 0.717) is 22.3 Å². The average Bonchev–Trinajstić information content (AvgIpc) is 2.71. The third-order valence-electron chi connectivity index (χ3n) is 1.72. The van der Waals surface area contributed by atoms with Gasteiger partial charge in [-0.2, -0.15) is 12.6 Å². The minimum absolute atomic E-state index is 0.315. The molecule has 0 aliphatic rings. The molecule has 0 fully saturated rings. The summed E-state index contributed by atoms with van der Waals surface area (Å²) < 4.78 is 5.08. The Morgan fingerprint density at radius 1 is 1.53 bits per heavy atom. The molecule has 0 unspecified atom stereocenters. The van der Waals surface area contributed by atoms with E-state index < -0.39 is 11.7 Å². The molecule has 19 heavy (non-hydrogen) atoms. The maximum atomic E-state index is 11.5. The van der Waals surface area contributed by atoms with Crippen molar-refractivity contribution in [1.82, 2.24) is 4.98 Å². The first-order valence-corrected chi connectivity index (χ1v) is 6.98. The van der Waals surface area contributed by atoms with Crippen LogP contribution in [0.3, 0.4) is 0 Å². The summed E-state index contributed by atoms with van der Waals surface area (Å²) >= 11 is 5.35. The number of hydrogen-bond donors (Lipinski definition) is 1. The van der Waals surface area contributed by atoms with Crippen molar-refractivity contribution in [3.8, 4) is 0 Å². The smallest absolute Gasteiger partial charge is 0.211 e. The molecule has 0 bridgehead atoms. The SMILES string of the molecule is CON=C(CS)c1csc(N=C([O-])OC(C)(C)C)n1.